The lowest BCUT2D eigenvalue weighted by molar-refractivity contribution is -0.385. The molecule has 8 heteroatoms. The van der Waals surface area contributed by atoms with Crippen molar-refractivity contribution in [3.8, 4) is 5.75 Å². The van der Waals surface area contributed by atoms with Gasteiger partial charge in [-0.1, -0.05) is 36.4 Å². The van der Waals surface area contributed by atoms with Crippen LogP contribution in [0.15, 0.2) is 71.1 Å². The van der Waals surface area contributed by atoms with Crippen molar-refractivity contribution >= 4 is 17.4 Å². The first-order valence-electron chi connectivity index (χ1n) is 10.2. The maximum absolute atomic E-state index is 13.4. The molecule has 2 N–H and O–H groups in total. The molecule has 0 amide bonds. The molecule has 1 aliphatic heterocycles. The Morgan fingerprint density at radius 1 is 1.16 bits per heavy atom. The van der Waals surface area contributed by atoms with Crippen molar-refractivity contribution in [3.63, 3.8) is 0 Å². The molecular weight excluding hydrogens is 412 g/mol. The van der Waals surface area contributed by atoms with E-state index in [-0.39, 0.29) is 23.7 Å². The largest absolute Gasteiger partial charge is 0.502 e. The molecule has 4 rings (SSSR count). The second kappa shape index (κ2) is 8.30. The van der Waals surface area contributed by atoms with Crippen molar-refractivity contribution in [2.45, 2.75) is 31.6 Å². The summed E-state index contributed by atoms with van der Waals surface area (Å²) in [6, 6.07) is 13.7. The van der Waals surface area contributed by atoms with Crippen LogP contribution in [-0.4, -0.2) is 28.9 Å². The second-order valence-electron chi connectivity index (χ2n) is 7.92. The zero-order valence-electron chi connectivity index (χ0n) is 17.6. The fraction of sp³-hybridized carbons (Fsp3) is 0.250. The van der Waals surface area contributed by atoms with Gasteiger partial charge in [-0.15, -0.1) is 0 Å². The van der Waals surface area contributed by atoms with Crippen LogP contribution in [0.4, 0.5) is 5.69 Å². The summed E-state index contributed by atoms with van der Waals surface area (Å²) in [5, 5.41) is 24.5. The number of dihydropyridines is 1. The highest BCUT2D eigenvalue weighted by Gasteiger charge is 2.41. The zero-order chi connectivity index (χ0) is 23.0. The number of ketones is 1. The normalized spacial score (nSPS) is 20.5. The third-order valence-electron chi connectivity index (χ3n) is 6.03. The van der Waals surface area contributed by atoms with E-state index in [1.165, 1.54) is 25.3 Å². The Morgan fingerprint density at radius 2 is 1.88 bits per heavy atom. The fourth-order valence-electron chi connectivity index (χ4n) is 4.58. The average Bonchev–Trinajstić information content (AvgIpc) is 2.78. The molecule has 2 aromatic rings. The van der Waals surface area contributed by atoms with Gasteiger partial charge >= 0.3 is 11.7 Å². The summed E-state index contributed by atoms with van der Waals surface area (Å²) in [7, 11) is 1.25. The standard InChI is InChI=1S/C24H22N2O6/c1-13-21(24(29)32-2)22(15-8-9-19(27)18(11-15)26(30)31)23-17(25-13)10-16(12-20(23)28)14-6-4-3-5-7-14/h3-9,11,16,22,25,27H,10,12H2,1-2H3/t16-,22+/m1/s1. The summed E-state index contributed by atoms with van der Waals surface area (Å²) >= 11 is 0. The molecule has 2 aromatic carbocycles. The van der Waals surface area contributed by atoms with Crippen LogP contribution >= 0.6 is 0 Å². The third kappa shape index (κ3) is 3.64. The number of hydrogen-bond donors (Lipinski definition) is 2. The Balaban J connectivity index is 1.86. The van der Waals surface area contributed by atoms with Crippen LogP contribution in [0, 0.1) is 10.1 Å². The van der Waals surface area contributed by atoms with Gasteiger partial charge in [-0.3, -0.25) is 14.9 Å². The molecule has 1 aliphatic carbocycles. The van der Waals surface area contributed by atoms with Crippen LogP contribution in [0.3, 0.4) is 0 Å². The molecule has 0 saturated carbocycles. The summed E-state index contributed by atoms with van der Waals surface area (Å²) in [6.45, 7) is 1.72. The van der Waals surface area contributed by atoms with E-state index < -0.39 is 28.2 Å². The smallest absolute Gasteiger partial charge is 0.336 e. The number of nitrogens with zero attached hydrogens (tertiary/aromatic N) is 1. The quantitative estimate of drug-likeness (QED) is 0.426. The minimum absolute atomic E-state index is 0.0165. The van der Waals surface area contributed by atoms with Crippen molar-refractivity contribution < 1.29 is 24.4 Å². The number of phenolic OH excluding ortho intramolecular Hbond substituents is 1. The third-order valence-corrected chi connectivity index (χ3v) is 6.03. The summed E-state index contributed by atoms with van der Waals surface area (Å²) in [5.74, 6) is -2.09. The SMILES string of the molecule is COC(=O)C1=C(C)NC2=C(C(=O)C[C@H](c3ccccc3)C2)[C@H]1c1ccc(O)c([N+](=O)[O-])c1. The summed E-state index contributed by atoms with van der Waals surface area (Å²) < 4.78 is 4.96. The van der Waals surface area contributed by atoms with Gasteiger partial charge in [-0.25, -0.2) is 4.79 Å². The average molecular weight is 434 g/mol. The van der Waals surface area contributed by atoms with Crippen LogP contribution in [-0.2, 0) is 14.3 Å². The summed E-state index contributed by atoms with van der Waals surface area (Å²) in [5.41, 5.74) is 2.77. The number of allylic oxidation sites excluding steroid dienone is 3. The van der Waals surface area contributed by atoms with Crippen molar-refractivity contribution in [3.05, 3.63) is 92.3 Å². The number of nitro groups is 1. The second-order valence-corrected chi connectivity index (χ2v) is 7.92. The molecule has 0 unspecified atom stereocenters. The molecule has 8 nitrogen and oxygen atoms in total. The Bertz CT molecular complexity index is 1180. The number of carbonyl (C=O) groups is 2. The number of aromatic hydroxyl groups is 1. The molecule has 0 aromatic heterocycles. The van der Waals surface area contributed by atoms with Crippen molar-refractivity contribution in [1.29, 1.82) is 0 Å². The van der Waals surface area contributed by atoms with Gasteiger partial charge < -0.3 is 15.2 Å². The molecule has 0 bridgehead atoms. The topological polar surface area (TPSA) is 119 Å². The Labute approximate surface area is 184 Å². The lowest BCUT2D eigenvalue weighted by atomic mass is 9.71. The number of ether oxygens (including phenoxy) is 1. The maximum Gasteiger partial charge on any atom is 0.336 e. The van der Waals surface area contributed by atoms with Gasteiger partial charge in [0.1, 0.15) is 0 Å². The molecule has 0 spiro atoms. The van der Waals surface area contributed by atoms with Crippen molar-refractivity contribution in [1.82, 2.24) is 5.32 Å². The first-order valence-corrected chi connectivity index (χ1v) is 10.2. The van der Waals surface area contributed by atoms with E-state index in [1.54, 1.807) is 6.92 Å². The molecule has 1 heterocycles. The number of methoxy groups -OCH3 is 1. The number of hydrogen-bond acceptors (Lipinski definition) is 7. The zero-order valence-corrected chi connectivity index (χ0v) is 17.6. The Hall–Kier alpha value is -3.94. The van der Waals surface area contributed by atoms with E-state index in [1.807, 2.05) is 30.3 Å². The molecule has 32 heavy (non-hydrogen) atoms. The lowest BCUT2D eigenvalue weighted by Crippen LogP contribution is -2.36. The molecule has 2 atom stereocenters. The van der Waals surface area contributed by atoms with Crippen LogP contribution in [0.1, 0.15) is 42.7 Å². The van der Waals surface area contributed by atoms with Gasteiger partial charge in [0, 0.05) is 35.4 Å². The van der Waals surface area contributed by atoms with E-state index in [0.717, 1.165) is 5.56 Å². The number of nitrogens with one attached hydrogen (secondary N) is 1. The number of esters is 1. The number of nitro benzene ring substituents is 1. The maximum atomic E-state index is 13.4. The summed E-state index contributed by atoms with van der Waals surface area (Å²) in [4.78, 5) is 36.8. The van der Waals surface area contributed by atoms with Crippen LogP contribution < -0.4 is 5.32 Å². The predicted octanol–water partition coefficient (Wildman–Crippen LogP) is 3.84. The minimum Gasteiger partial charge on any atom is -0.502 e. The number of phenols is 1. The number of carbonyl (C=O) groups excluding carboxylic acids is 2. The highest BCUT2D eigenvalue weighted by atomic mass is 16.6. The van der Waals surface area contributed by atoms with Crippen LogP contribution in [0.5, 0.6) is 5.75 Å². The van der Waals surface area contributed by atoms with E-state index in [0.29, 0.717) is 29.0 Å². The van der Waals surface area contributed by atoms with Gasteiger partial charge in [-0.05, 0) is 36.5 Å². The highest BCUT2D eigenvalue weighted by molar-refractivity contribution is 6.04. The van der Waals surface area contributed by atoms with E-state index in [2.05, 4.69) is 5.32 Å². The molecular formula is C24H22N2O6. The first-order chi connectivity index (χ1) is 15.3. The van der Waals surface area contributed by atoms with Gasteiger partial charge in [0.05, 0.1) is 17.6 Å². The van der Waals surface area contributed by atoms with Crippen molar-refractivity contribution in [2.75, 3.05) is 7.11 Å². The lowest BCUT2D eigenvalue weighted by Gasteiger charge is -2.36. The first kappa shape index (κ1) is 21.3. The van der Waals surface area contributed by atoms with E-state index in [4.69, 9.17) is 4.74 Å². The Morgan fingerprint density at radius 3 is 2.53 bits per heavy atom. The fourth-order valence-corrected chi connectivity index (χ4v) is 4.58. The highest BCUT2D eigenvalue weighted by Crippen LogP contribution is 2.46. The molecule has 2 aliphatic rings. The van der Waals surface area contributed by atoms with Gasteiger partial charge in [0.25, 0.3) is 0 Å². The van der Waals surface area contributed by atoms with E-state index in [9.17, 15) is 24.8 Å². The van der Waals surface area contributed by atoms with Crippen LogP contribution in [0.2, 0.25) is 0 Å². The van der Waals surface area contributed by atoms with Gasteiger partial charge in [0.15, 0.2) is 11.5 Å². The van der Waals surface area contributed by atoms with Crippen LogP contribution in [0.25, 0.3) is 0 Å². The van der Waals surface area contributed by atoms with Gasteiger partial charge in [0.2, 0.25) is 0 Å². The van der Waals surface area contributed by atoms with E-state index >= 15 is 0 Å². The molecule has 0 saturated heterocycles. The number of Topliss-reactive ketones (excluding diaryl/α,β-unsaturated/α-hetero) is 1. The Kier molecular flexibility index (Phi) is 5.52. The molecule has 164 valence electrons. The summed E-state index contributed by atoms with van der Waals surface area (Å²) in [6.07, 6.45) is 0.822. The number of rotatable bonds is 4. The van der Waals surface area contributed by atoms with Crippen molar-refractivity contribution in [2.24, 2.45) is 0 Å². The molecule has 0 radical (unpaired) electrons. The number of benzene rings is 2. The predicted molar refractivity (Wildman–Crippen MR) is 116 cm³/mol. The minimum atomic E-state index is -0.831. The van der Waals surface area contributed by atoms with Gasteiger partial charge in [-0.2, -0.15) is 0 Å². The monoisotopic (exact) mass is 434 g/mol. The molecule has 0 fully saturated rings.